The van der Waals surface area contributed by atoms with Gasteiger partial charge in [-0.1, -0.05) is 36.7 Å². The highest BCUT2D eigenvalue weighted by Gasteiger charge is 2.15. The largest absolute Gasteiger partial charge is 0.481 e. The second kappa shape index (κ2) is 7.32. The van der Waals surface area contributed by atoms with Crippen molar-refractivity contribution in [1.82, 2.24) is 0 Å². The topological polar surface area (TPSA) is 38.3 Å². The van der Waals surface area contributed by atoms with Crippen molar-refractivity contribution in [3.05, 3.63) is 58.6 Å². The summed E-state index contributed by atoms with van der Waals surface area (Å²) in [5, 5.41) is 3.43. The fraction of sp³-hybridized carbons (Fsp3) is 0.278. The lowest BCUT2D eigenvalue weighted by molar-refractivity contribution is -0.122. The third kappa shape index (κ3) is 4.25. The van der Waals surface area contributed by atoms with Crippen LogP contribution in [0, 0.1) is 6.92 Å². The fourth-order valence-corrected chi connectivity index (χ4v) is 2.16. The van der Waals surface area contributed by atoms with Crippen LogP contribution in [0.2, 0.25) is 5.02 Å². The van der Waals surface area contributed by atoms with Gasteiger partial charge in [0.25, 0.3) is 5.91 Å². The van der Waals surface area contributed by atoms with Crippen molar-refractivity contribution in [1.29, 1.82) is 0 Å². The molecule has 2 rings (SSSR count). The molecule has 0 radical (unpaired) electrons. The molecule has 4 heteroatoms. The first kappa shape index (κ1) is 16.4. The number of amides is 1. The van der Waals surface area contributed by atoms with Gasteiger partial charge in [0.15, 0.2) is 6.10 Å². The first-order valence-corrected chi connectivity index (χ1v) is 7.70. The molecule has 0 fully saturated rings. The molecule has 1 unspecified atom stereocenters. The maximum Gasteiger partial charge on any atom is 0.265 e. The lowest BCUT2D eigenvalue weighted by Gasteiger charge is -2.15. The van der Waals surface area contributed by atoms with E-state index in [9.17, 15) is 4.79 Å². The van der Waals surface area contributed by atoms with E-state index < -0.39 is 6.10 Å². The van der Waals surface area contributed by atoms with Gasteiger partial charge in [0, 0.05) is 10.7 Å². The molecule has 0 aliphatic carbocycles. The predicted octanol–water partition coefficient (Wildman–Crippen LogP) is 4.62. The van der Waals surface area contributed by atoms with Crippen LogP contribution in [0.3, 0.4) is 0 Å². The van der Waals surface area contributed by atoms with Gasteiger partial charge < -0.3 is 10.1 Å². The highest BCUT2D eigenvalue weighted by Crippen LogP contribution is 2.20. The summed E-state index contributed by atoms with van der Waals surface area (Å²) >= 11 is 6.05. The van der Waals surface area contributed by atoms with Crippen LogP contribution in [-0.4, -0.2) is 12.0 Å². The predicted molar refractivity (Wildman–Crippen MR) is 90.7 cm³/mol. The summed E-state index contributed by atoms with van der Waals surface area (Å²) in [6.07, 6.45) is 0.386. The summed E-state index contributed by atoms with van der Waals surface area (Å²) in [7, 11) is 0. The summed E-state index contributed by atoms with van der Waals surface area (Å²) in [5.41, 5.74) is 2.87. The van der Waals surface area contributed by atoms with Crippen molar-refractivity contribution in [3.63, 3.8) is 0 Å². The number of halogens is 1. The van der Waals surface area contributed by atoms with Crippen molar-refractivity contribution in [3.8, 4) is 5.75 Å². The Labute approximate surface area is 136 Å². The van der Waals surface area contributed by atoms with Crippen molar-refractivity contribution >= 4 is 23.2 Å². The molecule has 116 valence electrons. The van der Waals surface area contributed by atoms with Crippen LogP contribution >= 0.6 is 11.6 Å². The van der Waals surface area contributed by atoms with Gasteiger partial charge in [0.1, 0.15) is 5.75 Å². The third-order valence-corrected chi connectivity index (χ3v) is 3.86. The van der Waals surface area contributed by atoms with Crippen LogP contribution in [-0.2, 0) is 11.2 Å². The molecule has 0 aromatic heterocycles. The van der Waals surface area contributed by atoms with Gasteiger partial charge in [-0.3, -0.25) is 4.79 Å². The number of rotatable bonds is 5. The van der Waals surface area contributed by atoms with E-state index in [-0.39, 0.29) is 5.91 Å². The van der Waals surface area contributed by atoms with Gasteiger partial charge >= 0.3 is 0 Å². The molecule has 0 aliphatic rings. The Morgan fingerprint density at radius 3 is 2.50 bits per heavy atom. The second-order valence-electron chi connectivity index (χ2n) is 5.21. The van der Waals surface area contributed by atoms with E-state index in [0.29, 0.717) is 16.5 Å². The highest BCUT2D eigenvalue weighted by molar-refractivity contribution is 6.31. The van der Waals surface area contributed by atoms with Gasteiger partial charge in [-0.25, -0.2) is 0 Å². The number of hydrogen-bond donors (Lipinski definition) is 1. The summed E-state index contributed by atoms with van der Waals surface area (Å²) < 4.78 is 5.66. The van der Waals surface area contributed by atoms with Crippen molar-refractivity contribution in [2.45, 2.75) is 33.3 Å². The molecule has 1 N–H and O–H groups in total. The Morgan fingerprint density at radius 1 is 1.23 bits per heavy atom. The van der Waals surface area contributed by atoms with Gasteiger partial charge in [-0.2, -0.15) is 0 Å². The van der Waals surface area contributed by atoms with E-state index in [2.05, 4.69) is 12.2 Å². The van der Waals surface area contributed by atoms with Crippen molar-refractivity contribution < 1.29 is 9.53 Å². The van der Waals surface area contributed by atoms with E-state index >= 15 is 0 Å². The number of aryl methyl sites for hydroxylation is 2. The summed E-state index contributed by atoms with van der Waals surface area (Å²) in [4.78, 5) is 12.2. The monoisotopic (exact) mass is 317 g/mol. The molecular formula is C18H20ClNO2. The zero-order valence-electron chi connectivity index (χ0n) is 13.0. The Balaban J connectivity index is 1.97. The Bertz CT molecular complexity index is 653. The van der Waals surface area contributed by atoms with Crippen LogP contribution in [0.25, 0.3) is 0 Å². The zero-order chi connectivity index (χ0) is 16.1. The molecule has 0 aliphatic heterocycles. The van der Waals surface area contributed by atoms with Gasteiger partial charge in [-0.05, 0) is 55.7 Å². The number of anilines is 1. The minimum Gasteiger partial charge on any atom is -0.481 e. The van der Waals surface area contributed by atoms with Crippen LogP contribution in [0.1, 0.15) is 25.0 Å². The maximum absolute atomic E-state index is 12.2. The summed E-state index contributed by atoms with van der Waals surface area (Å²) in [6, 6.07) is 13.2. The first-order chi connectivity index (χ1) is 10.5. The highest BCUT2D eigenvalue weighted by atomic mass is 35.5. The number of benzene rings is 2. The van der Waals surface area contributed by atoms with Gasteiger partial charge in [0.2, 0.25) is 0 Å². The van der Waals surface area contributed by atoms with Crippen molar-refractivity contribution in [2.24, 2.45) is 0 Å². The second-order valence-corrected chi connectivity index (χ2v) is 5.62. The lowest BCUT2D eigenvalue weighted by Crippen LogP contribution is -2.30. The van der Waals surface area contributed by atoms with E-state index in [4.69, 9.17) is 16.3 Å². The molecule has 0 bridgehead atoms. The summed E-state index contributed by atoms with van der Waals surface area (Å²) in [5.74, 6) is 0.473. The van der Waals surface area contributed by atoms with E-state index in [1.165, 1.54) is 5.56 Å². The minimum absolute atomic E-state index is 0.209. The molecule has 1 amide bonds. The fourth-order valence-electron chi connectivity index (χ4n) is 1.98. The Hall–Kier alpha value is -2.00. The number of nitrogens with one attached hydrogen (secondary N) is 1. The minimum atomic E-state index is -0.590. The molecular weight excluding hydrogens is 298 g/mol. The van der Waals surface area contributed by atoms with E-state index in [0.717, 1.165) is 12.0 Å². The van der Waals surface area contributed by atoms with Crippen LogP contribution < -0.4 is 10.1 Å². The van der Waals surface area contributed by atoms with Crippen LogP contribution in [0.15, 0.2) is 42.5 Å². The number of ether oxygens (including phenoxy) is 1. The Kier molecular flexibility index (Phi) is 5.45. The number of carbonyl (C=O) groups excluding carboxylic acids is 1. The smallest absolute Gasteiger partial charge is 0.265 e. The average molecular weight is 318 g/mol. The third-order valence-electron chi connectivity index (χ3n) is 3.45. The number of hydrogen-bond acceptors (Lipinski definition) is 2. The molecule has 2 aromatic rings. The molecule has 0 saturated heterocycles. The van der Waals surface area contributed by atoms with E-state index in [1.54, 1.807) is 13.0 Å². The average Bonchev–Trinajstić information content (AvgIpc) is 2.51. The lowest BCUT2D eigenvalue weighted by atomic mass is 10.2. The molecule has 0 spiro atoms. The molecule has 1 atom stereocenters. The van der Waals surface area contributed by atoms with Crippen LogP contribution in [0.4, 0.5) is 5.69 Å². The molecule has 3 nitrogen and oxygen atoms in total. The number of carbonyl (C=O) groups is 1. The van der Waals surface area contributed by atoms with Gasteiger partial charge in [0.05, 0.1) is 0 Å². The summed E-state index contributed by atoms with van der Waals surface area (Å²) in [6.45, 7) is 5.73. The molecule has 22 heavy (non-hydrogen) atoms. The standard InChI is InChI=1S/C18H20ClNO2/c1-4-14-6-9-16(10-7-14)22-13(3)18(21)20-15-8-5-12(2)17(19)11-15/h5-11,13H,4H2,1-3H3,(H,20,21). The SMILES string of the molecule is CCc1ccc(OC(C)C(=O)Nc2ccc(C)c(Cl)c2)cc1. The zero-order valence-corrected chi connectivity index (χ0v) is 13.8. The van der Waals surface area contributed by atoms with Crippen LogP contribution in [0.5, 0.6) is 5.75 Å². The molecule has 2 aromatic carbocycles. The molecule has 0 heterocycles. The molecule has 0 saturated carbocycles. The normalized spacial score (nSPS) is 11.8. The Morgan fingerprint density at radius 2 is 1.91 bits per heavy atom. The van der Waals surface area contributed by atoms with Crippen molar-refractivity contribution in [2.75, 3.05) is 5.32 Å². The first-order valence-electron chi connectivity index (χ1n) is 7.32. The maximum atomic E-state index is 12.2. The van der Waals surface area contributed by atoms with Gasteiger partial charge in [-0.15, -0.1) is 0 Å². The van der Waals surface area contributed by atoms with E-state index in [1.807, 2.05) is 43.3 Å². The quantitative estimate of drug-likeness (QED) is 0.874.